The van der Waals surface area contributed by atoms with Crippen molar-refractivity contribution < 1.29 is 4.79 Å². The number of anilines is 1. The highest BCUT2D eigenvalue weighted by Crippen LogP contribution is 2.25. The van der Waals surface area contributed by atoms with Crippen molar-refractivity contribution in [2.45, 2.75) is 12.5 Å². The first-order chi connectivity index (χ1) is 9.58. The molecule has 0 aliphatic carbocycles. The monoisotopic (exact) mass is 310 g/mol. The van der Waals surface area contributed by atoms with Gasteiger partial charge in [-0.25, -0.2) is 9.97 Å². The lowest BCUT2D eigenvalue weighted by Gasteiger charge is -2.12. The zero-order valence-corrected chi connectivity index (χ0v) is 11.9. The topological polar surface area (TPSA) is 80.9 Å². The van der Waals surface area contributed by atoms with Gasteiger partial charge in [-0.2, -0.15) is 0 Å². The molecule has 0 bridgehead atoms. The molecule has 1 atom stereocenters. The number of hydrogen-bond donors (Lipinski definition) is 2. The Morgan fingerprint density at radius 1 is 1.25 bits per heavy atom. The van der Waals surface area contributed by atoms with Gasteiger partial charge in [-0.3, -0.25) is 4.79 Å². The maximum atomic E-state index is 12.0. The van der Waals surface area contributed by atoms with Crippen LogP contribution in [0.4, 0.5) is 5.82 Å². The van der Waals surface area contributed by atoms with Gasteiger partial charge in [0, 0.05) is 0 Å². The van der Waals surface area contributed by atoms with Gasteiger partial charge in [-0.15, -0.1) is 0 Å². The Labute approximate surface area is 126 Å². The zero-order valence-electron chi connectivity index (χ0n) is 10.4. The van der Waals surface area contributed by atoms with Gasteiger partial charge in [0.15, 0.2) is 11.0 Å². The normalized spacial score (nSPS) is 11.9. The third kappa shape index (κ3) is 3.66. The second-order valence-corrected chi connectivity index (χ2v) is 4.85. The van der Waals surface area contributed by atoms with E-state index in [1.165, 1.54) is 6.33 Å². The molecule has 104 valence electrons. The van der Waals surface area contributed by atoms with Crippen molar-refractivity contribution in [2.24, 2.45) is 5.73 Å². The maximum Gasteiger partial charge on any atom is 0.242 e. The summed E-state index contributed by atoms with van der Waals surface area (Å²) >= 11 is 11.6. The lowest BCUT2D eigenvalue weighted by molar-refractivity contribution is -0.117. The molecular weight excluding hydrogens is 299 g/mol. The lowest BCUT2D eigenvalue weighted by atomic mass is 10.1. The van der Waals surface area contributed by atoms with E-state index in [0.29, 0.717) is 6.42 Å². The molecule has 1 heterocycles. The van der Waals surface area contributed by atoms with Crippen LogP contribution in [0.1, 0.15) is 5.56 Å². The van der Waals surface area contributed by atoms with E-state index in [1.807, 2.05) is 30.3 Å². The van der Waals surface area contributed by atoms with Gasteiger partial charge in [-0.1, -0.05) is 53.5 Å². The van der Waals surface area contributed by atoms with Gasteiger partial charge in [0.1, 0.15) is 11.3 Å². The Kier molecular flexibility index (Phi) is 4.89. The molecule has 0 aliphatic rings. The standard InChI is InChI=1S/C13H12Cl2N4O/c14-10-11(15)17-7-18-12(10)19-13(20)9(16)6-8-4-2-1-3-5-8/h1-5,7,9H,6,16H2,(H,17,18,19,20)/t9-/m1/s1. The Morgan fingerprint density at radius 2 is 1.95 bits per heavy atom. The van der Waals surface area contributed by atoms with E-state index >= 15 is 0 Å². The van der Waals surface area contributed by atoms with Crippen LogP contribution in [-0.2, 0) is 11.2 Å². The van der Waals surface area contributed by atoms with E-state index in [2.05, 4.69) is 15.3 Å². The highest BCUT2D eigenvalue weighted by atomic mass is 35.5. The molecule has 1 amide bonds. The number of hydrogen-bond acceptors (Lipinski definition) is 4. The number of carbonyl (C=O) groups is 1. The number of carbonyl (C=O) groups excluding carboxylic acids is 1. The number of nitrogens with two attached hydrogens (primary N) is 1. The highest BCUT2D eigenvalue weighted by molar-refractivity contribution is 6.42. The number of amides is 1. The molecule has 3 N–H and O–H groups in total. The summed E-state index contributed by atoms with van der Waals surface area (Å²) in [6, 6.07) is 8.78. The summed E-state index contributed by atoms with van der Waals surface area (Å²) in [6.45, 7) is 0. The molecule has 2 rings (SSSR count). The third-order valence-electron chi connectivity index (χ3n) is 2.62. The van der Waals surface area contributed by atoms with Crippen LogP contribution < -0.4 is 11.1 Å². The molecule has 0 fully saturated rings. The molecule has 5 nitrogen and oxygen atoms in total. The minimum Gasteiger partial charge on any atom is -0.320 e. The first-order valence-corrected chi connectivity index (χ1v) is 6.60. The van der Waals surface area contributed by atoms with E-state index in [4.69, 9.17) is 28.9 Å². The van der Waals surface area contributed by atoms with E-state index < -0.39 is 6.04 Å². The molecule has 0 saturated heterocycles. The fraction of sp³-hybridized carbons (Fsp3) is 0.154. The van der Waals surface area contributed by atoms with Crippen molar-refractivity contribution in [3.63, 3.8) is 0 Å². The Balaban J connectivity index is 2.03. The summed E-state index contributed by atoms with van der Waals surface area (Å²) in [4.78, 5) is 19.5. The van der Waals surface area contributed by atoms with Crippen LogP contribution in [-0.4, -0.2) is 21.9 Å². The second kappa shape index (κ2) is 6.65. The van der Waals surface area contributed by atoms with Gasteiger partial charge in [0.25, 0.3) is 0 Å². The number of aromatic nitrogens is 2. The number of rotatable bonds is 4. The number of nitrogens with one attached hydrogen (secondary N) is 1. The maximum absolute atomic E-state index is 12.0. The van der Waals surface area contributed by atoms with E-state index in [1.54, 1.807) is 0 Å². The van der Waals surface area contributed by atoms with Crippen LogP contribution in [0, 0.1) is 0 Å². The van der Waals surface area contributed by atoms with Crippen LogP contribution in [0.5, 0.6) is 0 Å². The van der Waals surface area contributed by atoms with Crippen LogP contribution in [0.2, 0.25) is 10.2 Å². The fourth-order valence-corrected chi connectivity index (χ4v) is 1.88. The molecule has 1 aromatic carbocycles. The average Bonchev–Trinajstić information content (AvgIpc) is 2.45. The Morgan fingerprint density at radius 3 is 2.65 bits per heavy atom. The summed E-state index contributed by atoms with van der Waals surface area (Å²) < 4.78 is 0. The predicted molar refractivity (Wildman–Crippen MR) is 78.8 cm³/mol. The molecular formula is C13H12Cl2N4O. The summed E-state index contributed by atoms with van der Waals surface area (Å²) in [5, 5.41) is 2.71. The smallest absolute Gasteiger partial charge is 0.242 e. The molecule has 0 spiro atoms. The van der Waals surface area contributed by atoms with E-state index in [-0.39, 0.29) is 21.9 Å². The number of nitrogens with zero attached hydrogens (tertiary/aromatic N) is 2. The van der Waals surface area contributed by atoms with Gasteiger partial charge in [0.05, 0.1) is 6.04 Å². The fourth-order valence-electron chi connectivity index (χ4n) is 1.61. The first kappa shape index (κ1) is 14.7. The van der Waals surface area contributed by atoms with Crippen molar-refractivity contribution in [1.82, 2.24) is 9.97 Å². The first-order valence-electron chi connectivity index (χ1n) is 5.84. The third-order valence-corrected chi connectivity index (χ3v) is 3.37. The van der Waals surface area contributed by atoms with Crippen molar-refractivity contribution in [2.75, 3.05) is 5.32 Å². The molecule has 1 aromatic heterocycles. The quantitative estimate of drug-likeness (QED) is 0.849. The van der Waals surface area contributed by atoms with Crippen molar-refractivity contribution in [3.05, 3.63) is 52.4 Å². The van der Waals surface area contributed by atoms with Crippen LogP contribution in [0.15, 0.2) is 36.7 Å². The molecule has 0 saturated carbocycles. The second-order valence-electron chi connectivity index (χ2n) is 4.11. The highest BCUT2D eigenvalue weighted by Gasteiger charge is 2.17. The SMILES string of the molecule is N[C@H](Cc1ccccc1)C(=O)Nc1ncnc(Cl)c1Cl. The molecule has 0 aliphatic heterocycles. The van der Waals surface area contributed by atoms with Crippen molar-refractivity contribution in [3.8, 4) is 0 Å². The van der Waals surface area contributed by atoms with Crippen molar-refractivity contribution in [1.29, 1.82) is 0 Å². The summed E-state index contributed by atoms with van der Waals surface area (Å²) in [5.41, 5.74) is 6.83. The average molecular weight is 311 g/mol. The van der Waals surface area contributed by atoms with Gasteiger partial charge in [0.2, 0.25) is 5.91 Å². The Hall–Kier alpha value is -1.69. The van der Waals surface area contributed by atoms with Gasteiger partial charge in [-0.05, 0) is 12.0 Å². The minimum absolute atomic E-state index is 0.0774. The molecule has 7 heteroatoms. The summed E-state index contributed by atoms with van der Waals surface area (Å²) in [7, 11) is 0. The van der Waals surface area contributed by atoms with Gasteiger partial charge < -0.3 is 11.1 Å². The largest absolute Gasteiger partial charge is 0.320 e. The summed E-state index contributed by atoms with van der Waals surface area (Å²) in [6.07, 6.45) is 1.63. The van der Waals surface area contributed by atoms with Gasteiger partial charge >= 0.3 is 0 Å². The molecule has 20 heavy (non-hydrogen) atoms. The molecule has 0 radical (unpaired) electrons. The van der Waals surface area contributed by atoms with Crippen LogP contribution >= 0.6 is 23.2 Å². The van der Waals surface area contributed by atoms with Crippen molar-refractivity contribution >= 4 is 34.9 Å². The zero-order chi connectivity index (χ0) is 14.5. The predicted octanol–water partition coefficient (Wildman–Crippen LogP) is 2.29. The number of halogens is 2. The Bertz CT molecular complexity index is 607. The lowest BCUT2D eigenvalue weighted by Crippen LogP contribution is -2.37. The van der Waals surface area contributed by atoms with E-state index in [9.17, 15) is 4.79 Å². The number of benzene rings is 1. The molecule has 0 unspecified atom stereocenters. The summed E-state index contributed by atoms with van der Waals surface area (Å²) in [5.74, 6) is -0.231. The van der Waals surface area contributed by atoms with E-state index in [0.717, 1.165) is 5.56 Å². The van der Waals surface area contributed by atoms with Crippen LogP contribution in [0.25, 0.3) is 0 Å². The minimum atomic E-state index is -0.706. The molecule has 2 aromatic rings. The van der Waals surface area contributed by atoms with Crippen LogP contribution in [0.3, 0.4) is 0 Å².